The van der Waals surface area contributed by atoms with Crippen LogP contribution < -0.4 is 4.31 Å². The van der Waals surface area contributed by atoms with Gasteiger partial charge in [0.15, 0.2) is 0 Å². The lowest BCUT2D eigenvalue weighted by molar-refractivity contribution is -0.118. The second kappa shape index (κ2) is 9.02. The molecule has 2 aromatic rings. The van der Waals surface area contributed by atoms with Crippen LogP contribution in [0.5, 0.6) is 0 Å². The fourth-order valence-corrected chi connectivity index (χ4v) is 5.74. The van der Waals surface area contributed by atoms with Gasteiger partial charge in [-0.15, -0.1) is 6.58 Å². The highest BCUT2D eigenvalue weighted by atomic mass is 35.5. The summed E-state index contributed by atoms with van der Waals surface area (Å²) in [6, 6.07) is 13.1. The maximum absolute atomic E-state index is 13.5. The molecule has 1 aliphatic rings. The third kappa shape index (κ3) is 5.11. The van der Waals surface area contributed by atoms with E-state index >= 15 is 0 Å². The zero-order chi connectivity index (χ0) is 22.8. The molecule has 1 heterocycles. The molecule has 1 fully saturated rings. The Morgan fingerprint density at radius 2 is 1.97 bits per heavy atom. The van der Waals surface area contributed by atoms with E-state index in [-0.39, 0.29) is 34.0 Å². The molecule has 0 spiro atoms. The minimum Gasteiger partial charge on any atom is -0.369 e. The predicted octanol–water partition coefficient (Wildman–Crippen LogP) is 4.36. The average molecular weight is 463 g/mol. The molecule has 6 nitrogen and oxygen atoms in total. The van der Waals surface area contributed by atoms with Gasteiger partial charge in [-0.1, -0.05) is 35.9 Å². The van der Waals surface area contributed by atoms with Crippen molar-refractivity contribution in [2.45, 2.75) is 37.4 Å². The summed E-state index contributed by atoms with van der Waals surface area (Å²) in [7, 11) is -4.03. The van der Waals surface area contributed by atoms with E-state index in [1.54, 1.807) is 41.3 Å². The summed E-state index contributed by atoms with van der Waals surface area (Å²) in [4.78, 5) is 14.8. The molecular formula is C23H27ClN2O4S. The maximum atomic E-state index is 13.5. The number of amides is 1. The van der Waals surface area contributed by atoms with Gasteiger partial charge in [0.2, 0.25) is 0 Å². The first-order valence-corrected chi connectivity index (χ1v) is 11.8. The predicted molar refractivity (Wildman–Crippen MR) is 123 cm³/mol. The van der Waals surface area contributed by atoms with Gasteiger partial charge in [-0.3, -0.25) is 9.10 Å². The average Bonchev–Trinajstić information content (AvgIpc) is 2.70. The van der Waals surface area contributed by atoms with Gasteiger partial charge < -0.3 is 9.64 Å². The molecule has 0 saturated carbocycles. The van der Waals surface area contributed by atoms with Crippen molar-refractivity contribution >= 4 is 33.2 Å². The van der Waals surface area contributed by atoms with Gasteiger partial charge in [-0.05, 0) is 51.1 Å². The van der Waals surface area contributed by atoms with E-state index in [1.165, 1.54) is 22.5 Å². The second-order valence-corrected chi connectivity index (χ2v) is 10.4. The maximum Gasteiger partial charge on any atom is 0.266 e. The van der Waals surface area contributed by atoms with Gasteiger partial charge in [-0.2, -0.15) is 0 Å². The molecule has 1 saturated heterocycles. The Hall–Kier alpha value is -2.35. The lowest BCUT2D eigenvalue weighted by atomic mass is 10.0. The second-order valence-electron chi connectivity index (χ2n) is 8.18. The van der Waals surface area contributed by atoms with E-state index in [2.05, 4.69) is 6.58 Å². The number of carbonyl (C=O) groups is 1. The van der Waals surface area contributed by atoms with Crippen LogP contribution in [-0.4, -0.2) is 50.6 Å². The van der Waals surface area contributed by atoms with Crippen molar-refractivity contribution in [2.75, 3.05) is 23.9 Å². The molecular weight excluding hydrogens is 436 g/mol. The molecule has 0 N–H and O–H groups in total. The van der Waals surface area contributed by atoms with Crippen LogP contribution in [0.4, 0.5) is 5.69 Å². The van der Waals surface area contributed by atoms with Crippen LogP contribution in [0.1, 0.15) is 31.1 Å². The molecule has 0 bridgehead atoms. The summed E-state index contributed by atoms with van der Waals surface area (Å²) < 4.78 is 34.1. The van der Waals surface area contributed by atoms with Crippen molar-refractivity contribution in [3.63, 3.8) is 0 Å². The third-order valence-electron chi connectivity index (χ3n) is 4.94. The first kappa shape index (κ1) is 23.3. The Bertz CT molecular complexity index is 1070. The Morgan fingerprint density at radius 1 is 1.29 bits per heavy atom. The molecule has 166 valence electrons. The topological polar surface area (TPSA) is 66.9 Å². The number of sulfonamides is 1. The minimum atomic E-state index is -4.03. The molecule has 3 rings (SSSR count). The largest absolute Gasteiger partial charge is 0.369 e. The zero-order valence-electron chi connectivity index (χ0n) is 17.9. The SMILES string of the molecule is C=CCN(c1ccccc1)S(=O)(=O)c1cc(C(=O)N2CC(C)OC(C)(C)C2)ccc1Cl. The normalized spacial score (nSPS) is 18.5. The summed E-state index contributed by atoms with van der Waals surface area (Å²) in [5.74, 6) is -0.258. The summed E-state index contributed by atoms with van der Waals surface area (Å²) >= 11 is 6.29. The molecule has 1 amide bonds. The molecule has 2 aromatic carbocycles. The molecule has 8 heteroatoms. The molecule has 0 aliphatic carbocycles. The number of hydrogen-bond acceptors (Lipinski definition) is 4. The Labute approximate surface area is 189 Å². The third-order valence-corrected chi connectivity index (χ3v) is 7.22. The van der Waals surface area contributed by atoms with Crippen LogP contribution in [0.2, 0.25) is 5.02 Å². The molecule has 1 atom stereocenters. The molecule has 1 unspecified atom stereocenters. The van der Waals surface area contributed by atoms with Gasteiger partial charge in [-0.25, -0.2) is 8.42 Å². The lowest BCUT2D eigenvalue weighted by Crippen LogP contribution is -2.53. The van der Waals surface area contributed by atoms with Crippen molar-refractivity contribution in [1.82, 2.24) is 4.90 Å². The summed E-state index contributed by atoms with van der Waals surface area (Å²) in [6.45, 7) is 10.3. The molecule has 1 aliphatic heterocycles. The van der Waals surface area contributed by atoms with E-state index in [0.29, 0.717) is 18.8 Å². The summed E-state index contributed by atoms with van der Waals surface area (Å²) in [5.41, 5.74) is 0.265. The highest BCUT2D eigenvalue weighted by Gasteiger charge is 2.35. The smallest absolute Gasteiger partial charge is 0.266 e. The standard InChI is InChI=1S/C23H27ClN2O4S/c1-5-13-26(19-9-7-6-8-10-19)31(28,29)21-14-18(11-12-20(21)24)22(27)25-15-17(2)30-23(3,4)16-25/h5-12,14,17H,1,13,15-16H2,2-4H3. The van der Waals surface area contributed by atoms with Gasteiger partial charge in [0.25, 0.3) is 15.9 Å². The fraction of sp³-hybridized carbons (Fsp3) is 0.348. The number of para-hydroxylation sites is 1. The van der Waals surface area contributed by atoms with E-state index < -0.39 is 15.6 Å². The van der Waals surface area contributed by atoms with Crippen LogP contribution >= 0.6 is 11.6 Å². The highest BCUT2D eigenvalue weighted by Crippen LogP contribution is 2.30. The number of rotatable bonds is 6. The van der Waals surface area contributed by atoms with Crippen LogP contribution in [0, 0.1) is 0 Å². The number of hydrogen-bond donors (Lipinski definition) is 0. The van der Waals surface area contributed by atoms with Crippen LogP contribution in [-0.2, 0) is 14.8 Å². The van der Waals surface area contributed by atoms with Crippen LogP contribution in [0.25, 0.3) is 0 Å². The number of nitrogens with zero attached hydrogens (tertiary/aromatic N) is 2. The highest BCUT2D eigenvalue weighted by molar-refractivity contribution is 7.93. The number of morpholine rings is 1. The zero-order valence-corrected chi connectivity index (χ0v) is 19.5. The quantitative estimate of drug-likeness (QED) is 0.598. The van der Waals surface area contributed by atoms with Crippen molar-refractivity contribution in [1.29, 1.82) is 0 Å². The number of halogens is 1. The lowest BCUT2D eigenvalue weighted by Gasteiger charge is -2.41. The number of anilines is 1. The first-order valence-electron chi connectivity index (χ1n) is 10.0. The van der Waals surface area contributed by atoms with Gasteiger partial charge >= 0.3 is 0 Å². The summed E-state index contributed by atoms with van der Waals surface area (Å²) in [5, 5.41) is 0.0530. The monoisotopic (exact) mass is 462 g/mol. The Balaban J connectivity index is 2.00. The molecule has 0 aromatic heterocycles. The van der Waals surface area contributed by atoms with Crippen molar-refractivity contribution in [3.05, 3.63) is 71.8 Å². The van der Waals surface area contributed by atoms with Gasteiger partial charge in [0.1, 0.15) is 4.90 Å². The Morgan fingerprint density at radius 3 is 2.58 bits per heavy atom. The molecule has 31 heavy (non-hydrogen) atoms. The van der Waals surface area contributed by atoms with Crippen molar-refractivity contribution in [3.8, 4) is 0 Å². The number of benzene rings is 2. The number of carbonyl (C=O) groups excluding carboxylic acids is 1. The van der Waals surface area contributed by atoms with Crippen molar-refractivity contribution in [2.24, 2.45) is 0 Å². The van der Waals surface area contributed by atoms with Gasteiger partial charge in [0, 0.05) is 18.7 Å². The van der Waals surface area contributed by atoms with Crippen LogP contribution in [0.15, 0.2) is 66.1 Å². The summed E-state index contributed by atoms with van der Waals surface area (Å²) in [6.07, 6.45) is 1.38. The Kier molecular flexibility index (Phi) is 6.79. The number of ether oxygens (including phenoxy) is 1. The fourth-order valence-electron chi connectivity index (χ4n) is 3.80. The first-order chi connectivity index (χ1) is 14.5. The van der Waals surface area contributed by atoms with E-state index in [1.807, 2.05) is 20.8 Å². The van der Waals surface area contributed by atoms with Gasteiger partial charge in [0.05, 0.1) is 29.0 Å². The van der Waals surface area contributed by atoms with E-state index in [0.717, 1.165) is 0 Å². The van der Waals surface area contributed by atoms with E-state index in [9.17, 15) is 13.2 Å². The minimum absolute atomic E-state index is 0.0530. The van der Waals surface area contributed by atoms with E-state index in [4.69, 9.17) is 16.3 Å². The van der Waals surface area contributed by atoms with Crippen LogP contribution in [0.3, 0.4) is 0 Å². The van der Waals surface area contributed by atoms with Crippen molar-refractivity contribution < 1.29 is 17.9 Å². The molecule has 0 radical (unpaired) electrons.